The molecule has 0 fully saturated rings. The van der Waals surface area contributed by atoms with E-state index in [9.17, 15) is 13.2 Å². The second-order valence-corrected chi connectivity index (χ2v) is 6.53. The topological polar surface area (TPSA) is 72.5 Å². The molecule has 0 spiro atoms. The minimum atomic E-state index is -3.40. The summed E-state index contributed by atoms with van der Waals surface area (Å²) in [4.78, 5) is 11.8. The lowest BCUT2D eigenvalue weighted by molar-refractivity contribution is -0.115. The van der Waals surface area contributed by atoms with Crippen molar-refractivity contribution in [3.8, 4) is 5.75 Å². The van der Waals surface area contributed by atoms with Crippen LogP contribution in [0.4, 0.5) is 5.69 Å². The number of carbonyl (C=O) groups excluding carboxylic acids is 1. The third-order valence-corrected chi connectivity index (χ3v) is 4.12. The zero-order chi connectivity index (χ0) is 13.9. The molecule has 0 saturated carbocycles. The van der Waals surface area contributed by atoms with Gasteiger partial charge in [-0.1, -0.05) is 6.07 Å². The SMILES string of the molecule is COc1ccc(C)cc1NC(=O)[C@@H](C)S(C)(=O)=O. The van der Waals surface area contributed by atoms with Gasteiger partial charge >= 0.3 is 0 Å². The summed E-state index contributed by atoms with van der Waals surface area (Å²) in [6.07, 6.45) is 1.03. The minimum absolute atomic E-state index is 0.470. The van der Waals surface area contributed by atoms with Gasteiger partial charge < -0.3 is 10.1 Å². The summed E-state index contributed by atoms with van der Waals surface area (Å²) in [5.41, 5.74) is 1.41. The maximum absolute atomic E-state index is 11.8. The average molecular weight is 271 g/mol. The molecular weight excluding hydrogens is 254 g/mol. The van der Waals surface area contributed by atoms with E-state index < -0.39 is 21.0 Å². The van der Waals surface area contributed by atoms with Crippen molar-refractivity contribution in [2.45, 2.75) is 19.1 Å². The van der Waals surface area contributed by atoms with Crippen molar-refractivity contribution >= 4 is 21.4 Å². The fourth-order valence-electron chi connectivity index (χ4n) is 1.35. The molecule has 0 radical (unpaired) electrons. The van der Waals surface area contributed by atoms with Crippen molar-refractivity contribution in [3.63, 3.8) is 0 Å². The summed E-state index contributed by atoms with van der Waals surface area (Å²) in [7, 11) is -1.92. The maximum Gasteiger partial charge on any atom is 0.242 e. The fraction of sp³-hybridized carbons (Fsp3) is 0.417. The van der Waals surface area contributed by atoms with Crippen LogP contribution in [-0.4, -0.2) is 32.9 Å². The standard InChI is InChI=1S/C12H17NO4S/c1-8-5-6-11(17-3)10(7-8)13-12(14)9(2)18(4,15)16/h5-7,9H,1-4H3,(H,13,14)/t9-/m1/s1. The molecule has 1 amide bonds. The highest BCUT2D eigenvalue weighted by Crippen LogP contribution is 2.25. The van der Waals surface area contributed by atoms with Crippen molar-refractivity contribution < 1.29 is 17.9 Å². The van der Waals surface area contributed by atoms with E-state index in [-0.39, 0.29) is 0 Å². The molecule has 1 N–H and O–H groups in total. The van der Waals surface area contributed by atoms with E-state index in [4.69, 9.17) is 4.74 Å². The highest BCUT2D eigenvalue weighted by molar-refractivity contribution is 7.92. The molecule has 0 heterocycles. The number of nitrogens with one attached hydrogen (secondary N) is 1. The Morgan fingerprint density at radius 3 is 2.50 bits per heavy atom. The van der Waals surface area contributed by atoms with Crippen LogP contribution in [0, 0.1) is 6.92 Å². The van der Waals surface area contributed by atoms with Gasteiger partial charge in [0.05, 0.1) is 12.8 Å². The van der Waals surface area contributed by atoms with Crippen LogP contribution >= 0.6 is 0 Å². The molecule has 1 aromatic carbocycles. The number of rotatable bonds is 4. The number of hydrogen-bond donors (Lipinski definition) is 1. The summed E-state index contributed by atoms with van der Waals surface area (Å²) in [6, 6.07) is 5.29. The lowest BCUT2D eigenvalue weighted by Crippen LogP contribution is -2.31. The summed E-state index contributed by atoms with van der Waals surface area (Å²) in [5.74, 6) is -0.0731. The van der Waals surface area contributed by atoms with Gasteiger partial charge in [0.25, 0.3) is 0 Å². The molecule has 100 valence electrons. The second-order valence-electron chi connectivity index (χ2n) is 4.16. The van der Waals surface area contributed by atoms with Crippen molar-refractivity contribution in [1.82, 2.24) is 0 Å². The number of amides is 1. The smallest absolute Gasteiger partial charge is 0.242 e. The lowest BCUT2D eigenvalue weighted by Gasteiger charge is -2.13. The first-order valence-electron chi connectivity index (χ1n) is 5.40. The predicted molar refractivity (Wildman–Crippen MR) is 70.7 cm³/mol. The predicted octanol–water partition coefficient (Wildman–Crippen LogP) is 1.38. The Morgan fingerprint density at radius 2 is 2.00 bits per heavy atom. The van der Waals surface area contributed by atoms with E-state index >= 15 is 0 Å². The first-order chi connectivity index (χ1) is 8.25. The Morgan fingerprint density at radius 1 is 1.39 bits per heavy atom. The van der Waals surface area contributed by atoms with E-state index in [0.717, 1.165) is 11.8 Å². The Balaban J connectivity index is 2.98. The number of methoxy groups -OCH3 is 1. The molecule has 0 saturated heterocycles. The van der Waals surface area contributed by atoms with Crippen molar-refractivity contribution in [3.05, 3.63) is 23.8 Å². The third-order valence-electron chi connectivity index (χ3n) is 2.62. The first-order valence-corrected chi connectivity index (χ1v) is 7.35. The fourth-order valence-corrected chi connectivity index (χ4v) is 1.80. The van der Waals surface area contributed by atoms with Gasteiger partial charge in [0, 0.05) is 6.26 Å². The average Bonchev–Trinajstić information content (AvgIpc) is 2.27. The monoisotopic (exact) mass is 271 g/mol. The Kier molecular flexibility index (Phi) is 4.34. The van der Waals surface area contributed by atoms with E-state index in [1.807, 2.05) is 13.0 Å². The Bertz CT molecular complexity index is 551. The van der Waals surface area contributed by atoms with Crippen LogP contribution in [0.5, 0.6) is 5.75 Å². The van der Waals surface area contributed by atoms with E-state index in [1.54, 1.807) is 12.1 Å². The van der Waals surface area contributed by atoms with Gasteiger partial charge in [0.15, 0.2) is 9.84 Å². The summed E-state index contributed by atoms with van der Waals surface area (Å²) in [5, 5.41) is 1.47. The summed E-state index contributed by atoms with van der Waals surface area (Å²) < 4.78 is 27.7. The summed E-state index contributed by atoms with van der Waals surface area (Å²) >= 11 is 0. The van der Waals surface area contributed by atoms with Crippen LogP contribution in [0.3, 0.4) is 0 Å². The van der Waals surface area contributed by atoms with Gasteiger partial charge in [-0.3, -0.25) is 4.79 Å². The molecule has 1 atom stereocenters. The minimum Gasteiger partial charge on any atom is -0.495 e. The molecule has 0 aliphatic carbocycles. The van der Waals surface area contributed by atoms with E-state index in [1.165, 1.54) is 14.0 Å². The molecule has 1 aromatic rings. The molecular formula is C12H17NO4S. The van der Waals surface area contributed by atoms with Crippen LogP contribution in [0.1, 0.15) is 12.5 Å². The maximum atomic E-state index is 11.8. The van der Waals surface area contributed by atoms with Gasteiger partial charge in [0.2, 0.25) is 5.91 Å². The lowest BCUT2D eigenvalue weighted by atomic mass is 10.2. The zero-order valence-electron chi connectivity index (χ0n) is 10.9. The molecule has 0 unspecified atom stereocenters. The van der Waals surface area contributed by atoms with Gasteiger partial charge in [-0.2, -0.15) is 0 Å². The largest absolute Gasteiger partial charge is 0.495 e. The Hall–Kier alpha value is -1.56. The molecule has 1 rings (SSSR count). The van der Waals surface area contributed by atoms with Gasteiger partial charge in [-0.25, -0.2) is 8.42 Å². The highest BCUT2D eigenvalue weighted by atomic mass is 32.2. The van der Waals surface area contributed by atoms with Crippen molar-refractivity contribution in [1.29, 1.82) is 0 Å². The zero-order valence-corrected chi connectivity index (χ0v) is 11.7. The highest BCUT2D eigenvalue weighted by Gasteiger charge is 2.24. The van der Waals surface area contributed by atoms with Gasteiger partial charge in [-0.15, -0.1) is 0 Å². The van der Waals surface area contributed by atoms with Crippen LogP contribution in [-0.2, 0) is 14.6 Å². The quantitative estimate of drug-likeness (QED) is 0.897. The number of ether oxygens (including phenoxy) is 1. The molecule has 0 aliphatic heterocycles. The molecule has 18 heavy (non-hydrogen) atoms. The van der Waals surface area contributed by atoms with Crippen molar-refractivity contribution in [2.24, 2.45) is 0 Å². The number of carbonyl (C=O) groups is 1. The van der Waals surface area contributed by atoms with Crippen LogP contribution in [0.25, 0.3) is 0 Å². The van der Waals surface area contributed by atoms with Crippen LogP contribution < -0.4 is 10.1 Å². The Labute approximate surface area is 107 Å². The van der Waals surface area contributed by atoms with E-state index in [2.05, 4.69) is 5.32 Å². The molecule has 0 bridgehead atoms. The van der Waals surface area contributed by atoms with E-state index in [0.29, 0.717) is 11.4 Å². The normalized spacial score (nSPS) is 12.9. The second kappa shape index (κ2) is 5.39. The number of aryl methyl sites for hydroxylation is 1. The molecule has 0 aliphatic rings. The third kappa shape index (κ3) is 3.46. The molecule has 6 heteroatoms. The van der Waals surface area contributed by atoms with Crippen LogP contribution in [0.2, 0.25) is 0 Å². The summed E-state index contributed by atoms with van der Waals surface area (Å²) in [6.45, 7) is 3.22. The molecule has 0 aromatic heterocycles. The number of sulfone groups is 1. The number of hydrogen-bond acceptors (Lipinski definition) is 4. The van der Waals surface area contributed by atoms with Gasteiger partial charge in [0.1, 0.15) is 11.0 Å². The number of anilines is 1. The first kappa shape index (κ1) is 14.5. The van der Waals surface area contributed by atoms with Crippen molar-refractivity contribution in [2.75, 3.05) is 18.7 Å². The molecule has 5 nitrogen and oxygen atoms in total. The number of benzene rings is 1. The van der Waals surface area contributed by atoms with Crippen LogP contribution in [0.15, 0.2) is 18.2 Å². The van der Waals surface area contributed by atoms with Gasteiger partial charge in [-0.05, 0) is 31.5 Å².